The maximum Gasteiger partial charge on any atom is 0.239 e. The summed E-state index contributed by atoms with van der Waals surface area (Å²) in [7, 11) is 1.85. The van der Waals surface area contributed by atoms with Crippen LogP contribution in [0.25, 0.3) is 0 Å². The average Bonchev–Trinajstić information content (AvgIpc) is 2.31. The second kappa shape index (κ2) is 6.38. The fourth-order valence-electron chi connectivity index (χ4n) is 1.52. The molecule has 0 fully saturated rings. The highest BCUT2D eigenvalue weighted by molar-refractivity contribution is 6.29. The minimum Gasteiger partial charge on any atom is -0.388 e. The third-order valence-electron chi connectivity index (χ3n) is 2.31. The summed E-state index contributed by atoms with van der Waals surface area (Å²) >= 11 is 5.48. The summed E-state index contributed by atoms with van der Waals surface area (Å²) in [6, 6.07) is 5.95. The number of rotatable bonds is 5. The van der Waals surface area contributed by atoms with Gasteiger partial charge in [0.2, 0.25) is 5.91 Å². The van der Waals surface area contributed by atoms with Gasteiger partial charge in [0, 0.05) is 18.4 Å². The van der Waals surface area contributed by atoms with Gasteiger partial charge < -0.3 is 10.6 Å². The largest absolute Gasteiger partial charge is 0.388 e. The van der Waals surface area contributed by atoms with E-state index < -0.39 is 0 Å². The zero-order valence-electron chi connectivity index (χ0n) is 9.64. The van der Waals surface area contributed by atoms with Crippen LogP contribution in [0.4, 0.5) is 11.4 Å². The minimum absolute atomic E-state index is 0.0185. The van der Waals surface area contributed by atoms with Gasteiger partial charge in [-0.1, -0.05) is 19.4 Å². The van der Waals surface area contributed by atoms with Crippen LogP contribution in [-0.4, -0.2) is 18.8 Å². The molecule has 1 amide bonds. The van der Waals surface area contributed by atoms with Gasteiger partial charge >= 0.3 is 0 Å². The van der Waals surface area contributed by atoms with Gasteiger partial charge in [-0.25, -0.2) is 0 Å². The summed E-state index contributed by atoms with van der Waals surface area (Å²) in [6.45, 7) is 2.11. The van der Waals surface area contributed by atoms with Gasteiger partial charge in [0.05, 0.1) is 0 Å². The summed E-state index contributed by atoms with van der Waals surface area (Å²) in [5, 5.41) is 5.85. The Labute approximate surface area is 101 Å². The summed E-state index contributed by atoms with van der Waals surface area (Å²) < 4.78 is 0. The number of carbonyl (C=O) groups excluding carboxylic acids is 1. The molecule has 0 saturated carbocycles. The van der Waals surface area contributed by atoms with E-state index >= 15 is 0 Å². The Hall–Kier alpha value is -1.22. The van der Waals surface area contributed by atoms with Crippen LogP contribution in [0.1, 0.15) is 18.9 Å². The number of anilines is 2. The van der Waals surface area contributed by atoms with Gasteiger partial charge in [0.25, 0.3) is 0 Å². The molecule has 0 aromatic heterocycles. The molecular formula is C12H17ClN2O. The van der Waals surface area contributed by atoms with Crippen LogP contribution in [0.5, 0.6) is 0 Å². The second-order valence-electron chi connectivity index (χ2n) is 3.55. The zero-order chi connectivity index (χ0) is 12.0. The SMILES string of the molecule is CCCc1ccc(NC)cc1NC(=O)CCl. The molecule has 2 N–H and O–H groups in total. The average molecular weight is 241 g/mol. The smallest absolute Gasteiger partial charge is 0.239 e. The monoisotopic (exact) mass is 240 g/mol. The van der Waals surface area contributed by atoms with Crippen molar-refractivity contribution in [1.29, 1.82) is 0 Å². The lowest BCUT2D eigenvalue weighted by Crippen LogP contribution is -2.14. The number of hydrogen-bond donors (Lipinski definition) is 2. The van der Waals surface area contributed by atoms with Gasteiger partial charge in [-0.2, -0.15) is 0 Å². The predicted octanol–water partition coefficient (Wildman–Crippen LogP) is 2.86. The van der Waals surface area contributed by atoms with E-state index in [0.717, 1.165) is 29.8 Å². The van der Waals surface area contributed by atoms with Crippen molar-refractivity contribution in [2.45, 2.75) is 19.8 Å². The molecule has 0 unspecified atom stereocenters. The standard InChI is InChI=1S/C12H17ClN2O/c1-3-4-9-5-6-10(14-2)7-11(9)15-12(16)8-13/h5-7,14H,3-4,8H2,1-2H3,(H,15,16). The first kappa shape index (κ1) is 12.8. The summed E-state index contributed by atoms with van der Waals surface area (Å²) in [4.78, 5) is 11.3. The molecule has 1 rings (SSSR count). The Balaban J connectivity index is 2.95. The van der Waals surface area contributed by atoms with Crippen LogP contribution >= 0.6 is 11.6 Å². The first-order valence-corrected chi connectivity index (χ1v) is 5.91. The Morgan fingerprint density at radius 3 is 2.75 bits per heavy atom. The lowest BCUT2D eigenvalue weighted by molar-refractivity contribution is -0.113. The van der Waals surface area contributed by atoms with Gasteiger partial charge in [-0.05, 0) is 24.1 Å². The van der Waals surface area contributed by atoms with E-state index in [2.05, 4.69) is 17.6 Å². The van der Waals surface area contributed by atoms with E-state index in [0.29, 0.717) is 0 Å². The molecule has 1 aromatic carbocycles. The van der Waals surface area contributed by atoms with E-state index in [1.807, 2.05) is 25.2 Å². The quantitative estimate of drug-likeness (QED) is 0.777. The maximum absolute atomic E-state index is 11.3. The number of halogens is 1. The molecule has 1 aromatic rings. The van der Waals surface area contributed by atoms with Crippen LogP contribution in [0.3, 0.4) is 0 Å². The van der Waals surface area contributed by atoms with Gasteiger partial charge in [-0.3, -0.25) is 4.79 Å². The Bertz CT molecular complexity index is 366. The van der Waals surface area contributed by atoms with Gasteiger partial charge in [0.1, 0.15) is 5.88 Å². The number of benzene rings is 1. The lowest BCUT2D eigenvalue weighted by atomic mass is 10.1. The van der Waals surface area contributed by atoms with Crippen molar-refractivity contribution >= 4 is 28.9 Å². The molecule has 0 spiro atoms. The summed E-state index contributed by atoms with van der Waals surface area (Å²) in [6.07, 6.45) is 1.99. The Morgan fingerprint density at radius 1 is 1.44 bits per heavy atom. The van der Waals surface area contributed by atoms with Crippen molar-refractivity contribution in [3.05, 3.63) is 23.8 Å². The molecule has 3 nitrogen and oxygen atoms in total. The van der Waals surface area contributed by atoms with E-state index in [-0.39, 0.29) is 11.8 Å². The van der Waals surface area contributed by atoms with Crippen LogP contribution in [0, 0.1) is 0 Å². The van der Waals surface area contributed by atoms with E-state index in [1.54, 1.807) is 0 Å². The fourth-order valence-corrected chi connectivity index (χ4v) is 1.59. The summed E-state index contributed by atoms with van der Waals surface area (Å²) in [5.41, 5.74) is 2.96. The number of alkyl halides is 1. The second-order valence-corrected chi connectivity index (χ2v) is 3.82. The normalized spacial score (nSPS) is 9.94. The van der Waals surface area contributed by atoms with Crippen molar-refractivity contribution in [3.8, 4) is 0 Å². The Kier molecular flexibility index (Phi) is 5.12. The number of hydrogen-bond acceptors (Lipinski definition) is 2. The first-order chi connectivity index (χ1) is 7.71. The molecule has 4 heteroatoms. The molecule has 0 aliphatic rings. The zero-order valence-corrected chi connectivity index (χ0v) is 10.4. The van der Waals surface area contributed by atoms with Gasteiger partial charge in [-0.15, -0.1) is 11.6 Å². The number of aryl methyl sites for hydroxylation is 1. The molecular weight excluding hydrogens is 224 g/mol. The third-order valence-corrected chi connectivity index (χ3v) is 2.56. The topological polar surface area (TPSA) is 41.1 Å². The van der Waals surface area contributed by atoms with Crippen molar-refractivity contribution in [2.24, 2.45) is 0 Å². The highest BCUT2D eigenvalue weighted by Crippen LogP contribution is 2.22. The van der Waals surface area contributed by atoms with Crippen LogP contribution in [-0.2, 0) is 11.2 Å². The van der Waals surface area contributed by atoms with Crippen molar-refractivity contribution in [2.75, 3.05) is 23.6 Å². The lowest BCUT2D eigenvalue weighted by Gasteiger charge is -2.11. The fraction of sp³-hybridized carbons (Fsp3) is 0.417. The van der Waals surface area contributed by atoms with Crippen molar-refractivity contribution in [1.82, 2.24) is 0 Å². The van der Waals surface area contributed by atoms with Crippen molar-refractivity contribution < 1.29 is 4.79 Å². The van der Waals surface area contributed by atoms with E-state index in [4.69, 9.17) is 11.6 Å². The number of carbonyl (C=O) groups is 1. The molecule has 0 aliphatic carbocycles. The van der Waals surface area contributed by atoms with E-state index in [1.165, 1.54) is 0 Å². The molecule has 0 bridgehead atoms. The highest BCUT2D eigenvalue weighted by atomic mass is 35.5. The highest BCUT2D eigenvalue weighted by Gasteiger charge is 2.06. The van der Waals surface area contributed by atoms with Crippen molar-refractivity contribution in [3.63, 3.8) is 0 Å². The van der Waals surface area contributed by atoms with Crippen LogP contribution in [0.15, 0.2) is 18.2 Å². The van der Waals surface area contributed by atoms with Gasteiger partial charge in [0.15, 0.2) is 0 Å². The predicted molar refractivity (Wildman–Crippen MR) is 69.3 cm³/mol. The van der Waals surface area contributed by atoms with Crippen LogP contribution in [0.2, 0.25) is 0 Å². The minimum atomic E-state index is -0.174. The third kappa shape index (κ3) is 3.42. The number of nitrogens with one attached hydrogen (secondary N) is 2. The number of amides is 1. The molecule has 0 heterocycles. The maximum atomic E-state index is 11.3. The first-order valence-electron chi connectivity index (χ1n) is 5.37. The molecule has 0 aliphatic heterocycles. The van der Waals surface area contributed by atoms with Crippen LogP contribution < -0.4 is 10.6 Å². The summed E-state index contributed by atoms with van der Waals surface area (Å²) in [5.74, 6) is -0.192. The van der Waals surface area contributed by atoms with E-state index in [9.17, 15) is 4.79 Å². The molecule has 0 atom stereocenters. The molecule has 88 valence electrons. The molecule has 16 heavy (non-hydrogen) atoms. The molecule has 0 saturated heterocycles. The Morgan fingerprint density at radius 2 is 2.19 bits per heavy atom. The molecule has 0 radical (unpaired) electrons.